The second-order valence-corrected chi connectivity index (χ2v) is 6.79. The van der Waals surface area contributed by atoms with E-state index in [1.807, 2.05) is 5.32 Å². The van der Waals surface area contributed by atoms with Crippen molar-refractivity contribution >= 4 is 35.6 Å². The van der Waals surface area contributed by atoms with Gasteiger partial charge in [0.25, 0.3) is 0 Å². The quantitative estimate of drug-likeness (QED) is 0.0988. The lowest BCUT2D eigenvalue weighted by molar-refractivity contribution is -0.147. The number of hydrogen-bond acceptors (Lipinski definition) is 9. The molecule has 0 saturated carbocycles. The van der Waals surface area contributed by atoms with Gasteiger partial charge in [-0.2, -0.15) is 0 Å². The van der Waals surface area contributed by atoms with Crippen molar-refractivity contribution in [3.8, 4) is 0 Å². The Kier molecular flexibility index (Phi) is 13.1. The van der Waals surface area contributed by atoms with Gasteiger partial charge in [-0.15, -0.1) is 0 Å². The van der Waals surface area contributed by atoms with Crippen molar-refractivity contribution in [3.05, 3.63) is 0 Å². The summed E-state index contributed by atoms with van der Waals surface area (Å²) in [6.45, 7) is -0.507. The van der Waals surface area contributed by atoms with Crippen LogP contribution in [-0.4, -0.2) is 93.4 Å². The molecule has 0 aromatic rings. The number of hydrogen-bond donors (Lipinski definition) is 9. The SMILES string of the molecule is NCCCCC(NC(=O)C(CC(=O)O)NC(=O)C(N)CO)C(=O)NC(CC(=O)O)C(=O)O. The van der Waals surface area contributed by atoms with Crippen molar-refractivity contribution in [2.75, 3.05) is 13.2 Å². The highest BCUT2D eigenvalue weighted by Crippen LogP contribution is 2.05. The highest BCUT2D eigenvalue weighted by atomic mass is 16.4. The van der Waals surface area contributed by atoms with E-state index < -0.39 is 79.2 Å². The molecule has 0 aliphatic heterocycles. The second kappa shape index (κ2) is 14.7. The number of rotatable bonds is 16. The van der Waals surface area contributed by atoms with E-state index in [0.717, 1.165) is 0 Å². The topological polar surface area (TPSA) is 271 Å². The number of unbranched alkanes of at least 4 members (excludes halogenated alkanes) is 1. The van der Waals surface area contributed by atoms with Gasteiger partial charge >= 0.3 is 17.9 Å². The Bertz CT molecular complexity index is 701. The maximum atomic E-state index is 12.6. The molecule has 4 unspecified atom stereocenters. The molecule has 0 saturated heterocycles. The Balaban J connectivity index is 5.50. The Hall–Kier alpha value is -3.30. The first-order valence-electron chi connectivity index (χ1n) is 9.56. The Labute approximate surface area is 182 Å². The third-order valence-electron chi connectivity index (χ3n) is 4.12. The molecule has 0 aromatic heterocycles. The molecule has 0 radical (unpaired) electrons. The first-order valence-corrected chi connectivity index (χ1v) is 9.56. The van der Waals surface area contributed by atoms with Crippen LogP contribution in [0.25, 0.3) is 0 Å². The van der Waals surface area contributed by atoms with E-state index in [0.29, 0.717) is 12.8 Å². The lowest BCUT2D eigenvalue weighted by Crippen LogP contribution is -2.57. The summed E-state index contributed by atoms with van der Waals surface area (Å²) >= 11 is 0. The predicted octanol–water partition coefficient (Wildman–Crippen LogP) is -4.08. The van der Waals surface area contributed by atoms with Crippen LogP contribution in [0.5, 0.6) is 0 Å². The summed E-state index contributed by atoms with van der Waals surface area (Å²) in [6, 6.07) is -6.22. The largest absolute Gasteiger partial charge is 0.481 e. The van der Waals surface area contributed by atoms with Crippen molar-refractivity contribution in [2.45, 2.75) is 56.3 Å². The van der Waals surface area contributed by atoms with Gasteiger partial charge in [0.15, 0.2) is 0 Å². The molecule has 0 aliphatic rings. The molecule has 15 nitrogen and oxygen atoms in total. The fraction of sp³-hybridized carbons (Fsp3) is 0.647. The standard InChI is InChI=1S/C17H29N5O10/c18-4-2-1-3-9(15(29)22-11(17(31)32)6-13(26)27)20-16(30)10(5-12(24)25)21-14(28)8(19)7-23/h8-11,23H,1-7,18-19H2,(H,20,30)(H,21,28)(H,22,29)(H,24,25)(H,26,27)(H,31,32). The summed E-state index contributed by atoms with van der Waals surface area (Å²) in [5.41, 5.74) is 10.7. The van der Waals surface area contributed by atoms with Crippen LogP contribution >= 0.6 is 0 Å². The molecule has 0 aliphatic carbocycles. The predicted molar refractivity (Wildman–Crippen MR) is 106 cm³/mol. The first-order chi connectivity index (χ1) is 14.9. The van der Waals surface area contributed by atoms with Crippen molar-refractivity contribution in [2.24, 2.45) is 11.5 Å². The van der Waals surface area contributed by atoms with Crippen LogP contribution in [0.4, 0.5) is 0 Å². The third-order valence-corrected chi connectivity index (χ3v) is 4.12. The van der Waals surface area contributed by atoms with Crippen LogP contribution in [0.15, 0.2) is 0 Å². The number of carboxylic acids is 3. The van der Waals surface area contributed by atoms with Crippen molar-refractivity contribution < 1.29 is 49.2 Å². The van der Waals surface area contributed by atoms with E-state index in [1.54, 1.807) is 0 Å². The lowest BCUT2D eigenvalue weighted by atomic mass is 10.1. The highest BCUT2D eigenvalue weighted by molar-refractivity contribution is 5.96. The van der Waals surface area contributed by atoms with E-state index in [2.05, 4.69) is 10.6 Å². The zero-order valence-corrected chi connectivity index (χ0v) is 17.2. The first kappa shape index (κ1) is 28.7. The highest BCUT2D eigenvalue weighted by Gasteiger charge is 2.31. The smallest absolute Gasteiger partial charge is 0.326 e. The van der Waals surface area contributed by atoms with Gasteiger partial charge in [0.05, 0.1) is 19.4 Å². The molecule has 0 rings (SSSR count). The number of carbonyl (C=O) groups excluding carboxylic acids is 3. The van der Waals surface area contributed by atoms with Crippen LogP contribution in [-0.2, 0) is 28.8 Å². The van der Waals surface area contributed by atoms with Crippen LogP contribution in [0.1, 0.15) is 32.1 Å². The van der Waals surface area contributed by atoms with Crippen LogP contribution in [0.2, 0.25) is 0 Å². The van der Waals surface area contributed by atoms with E-state index in [-0.39, 0.29) is 13.0 Å². The number of aliphatic hydroxyl groups is 1. The van der Waals surface area contributed by atoms with E-state index in [4.69, 9.17) is 31.9 Å². The molecule has 15 heteroatoms. The number of aliphatic carboxylic acids is 3. The Morgan fingerprint density at radius 3 is 1.66 bits per heavy atom. The van der Waals surface area contributed by atoms with Crippen LogP contribution < -0.4 is 27.4 Å². The molecule has 182 valence electrons. The van der Waals surface area contributed by atoms with Gasteiger partial charge < -0.3 is 47.8 Å². The van der Waals surface area contributed by atoms with E-state index in [9.17, 15) is 28.8 Å². The number of carbonyl (C=O) groups is 6. The monoisotopic (exact) mass is 463 g/mol. The van der Waals surface area contributed by atoms with Crippen LogP contribution in [0, 0.1) is 0 Å². The molecule has 0 spiro atoms. The average Bonchev–Trinajstić information content (AvgIpc) is 2.70. The van der Waals surface area contributed by atoms with Gasteiger partial charge in [0.2, 0.25) is 17.7 Å². The molecule has 32 heavy (non-hydrogen) atoms. The minimum Gasteiger partial charge on any atom is -0.481 e. The minimum atomic E-state index is -1.77. The maximum Gasteiger partial charge on any atom is 0.326 e. The number of nitrogens with two attached hydrogens (primary N) is 2. The molecular weight excluding hydrogens is 434 g/mol. The summed E-state index contributed by atoms with van der Waals surface area (Å²) in [5, 5.41) is 42.1. The van der Waals surface area contributed by atoms with Crippen LogP contribution in [0.3, 0.4) is 0 Å². The fourth-order valence-electron chi connectivity index (χ4n) is 2.43. The third kappa shape index (κ3) is 11.2. The van der Waals surface area contributed by atoms with Crippen molar-refractivity contribution in [1.29, 1.82) is 0 Å². The zero-order valence-electron chi connectivity index (χ0n) is 17.2. The zero-order chi connectivity index (χ0) is 24.8. The summed E-state index contributed by atoms with van der Waals surface area (Å²) in [5.74, 6) is -7.65. The van der Waals surface area contributed by atoms with Gasteiger partial charge in [0, 0.05) is 0 Å². The van der Waals surface area contributed by atoms with Gasteiger partial charge in [0.1, 0.15) is 24.2 Å². The number of nitrogens with one attached hydrogen (secondary N) is 3. The molecule has 0 heterocycles. The van der Waals surface area contributed by atoms with E-state index >= 15 is 0 Å². The molecular formula is C17H29N5O10. The molecule has 0 fully saturated rings. The van der Waals surface area contributed by atoms with Gasteiger partial charge in [-0.05, 0) is 25.8 Å². The lowest BCUT2D eigenvalue weighted by Gasteiger charge is -2.24. The number of aliphatic hydroxyl groups excluding tert-OH is 1. The summed E-state index contributed by atoms with van der Waals surface area (Å²) in [7, 11) is 0. The average molecular weight is 463 g/mol. The van der Waals surface area contributed by atoms with Gasteiger partial charge in [-0.25, -0.2) is 4.79 Å². The van der Waals surface area contributed by atoms with Gasteiger partial charge in [-0.3, -0.25) is 24.0 Å². The molecule has 11 N–H and O–H groups in total. The molecule has 3 amide bonds. The summed E-state index contributed by atoms with van der Waals surface area (Å²) in [6.07, 6.45) is -1.06. The van der Waals surface area contributed by atoms with E-state index in [1.165, 1.54) is 0 Å². The van der Waals surface area contributed by atoms with Gasteiger partial charge in [-0.1, -0.05) is 0 Å². The summed E-state index contributed by atoms with van der Waals surface area (Å²) < 4.78 is 0. The summed E-state index contributed by atoms with van der Waals surface area (Å²) in [4.78, 5) is 70.0. The molecule has 4 atom stereocenters. The maximum absolute atomic E-state index is 12.6. The normalized spacial score (nSPS) is 14.3. The number of amides is 3. The molecule has 0 aromatic carbocycles. The minimum absolute atomic E-state index is 0.0297. The Morgan fingerprint density at radius 2 is 1.19 bits per heavy atom. The Morgan fingerprint density at radius 1 is 0.719 bits per heavy atom. The number of carboxylic acid groups (broad SMARTS) is 3. The molecule has 0 bridgehead atoms. The van der Waals surface area contributed by atoms with Crippen molar-refractivity contribution in [3.63, 3.8) is 0 Å². The second-order valence-electron chi connectivity index (χ2n) is 6.79. The van der Waals surface area contributed by atoms with Crippen molar-refractivity contribution in [1.82, 2.24) is 16.0 Å². The fourth-order valence-corrected chi connectivity index (χ4v) is 2.43.